The van der Waals surface area contributed by atoms with Gasteiger partial charge < -0.3 is 20.5 Å². The summed E-state index contributed by atoms with van der Waals surface area (Å²) in [7, 11) is 0. The average Bonchev–Trinajstić information content (AvgIpc) is 3.16. The lowest BCUT2D eigenvalue weighted by molar-refractivity contribution is -0.143. The lowest BCUT2D eigenvalue weighted by atomic mass is 9.82. The Labute approximate surface area is 206 Å². The number of aliphatic carboxylic acids is 1. The standard InChI is InChI=1S/C28H34N2O5/c1-17(2)26(27(32)33)30-25(31)15-18-9-3-8-14-24(18)29-28(34)35-16-23-21-12-6-4-10-19(21)20-11-5-7-13-22(20)23/h4-7,10-13,17-18,23-24,26H,3,8-9,14-16H2,1-2H3,(H,29,34)(H,30,31)(H,32,33)/t18?,24?,26-/m1/s1. The number of amides is 2. The Balaban J connectivity index is 1.35. The molecule has 0 aromatic heterocycles. The summed E-state index contributed by atoms with van der Waals surface area (Å²) in [5.74, 6) is -1.60. The molecule has 2 aromatic carbocycles. The van der Waals surface area contributed by atoms with Gasteiger partial charge in [-0.3, -0.25) is 4.79 Å². The zero-order chi connectivity index (χ0) is 24.9. The molecule has 2 amide bonds. The van der Waals surface area contributed by atoms with Crippen molar-refractivity contribution in [2.24, 2.45) is 11.8 Å². The van der Waals surface area contributed by atoms with Gasteiger partial charge in [-0.15, -0.1) is 0 Å². The van der Waals surface area contributed by atoms with Crippen molar-refractivity contribution in [1.29, 1.82) is 0 Å². The highest BCUT2D eigenvalue weighted by molar-refractivity contribution is 5.84. The van der Waals surface area contributed by atoms with Crippen LogP contribution in [0.25, 0.3) is 11.1 Å². The van der Waals surface area contributed by atoms with Crippen LogP contribution >= 0.6 is 0 Å². The number of carbonyl (C=O) groups is 3. The largest absolute Gasteiger partial charge is 0.480 e. The van der Waals surface area contributed by atoms with E-state index in [2.05, 4.69) is 34.9 Å². The van der Waals surface area contributed by atoms with Gasteiger partial charge in [0, 0.05) is 18.4 Å². The summed E-state index contributed by atoms with van der Waals surface area (Å²) in [6.07, 6.45) is 3.24. The molecule has 3 N–H and O–H groups in total. The molecule has 186 valence electrons. The number of carboxylic acids is 1. The molecule has 35 heavy (non-hydrogen) atoms. The van der Waals surface area contributed by atoms with Crippen molar-refractivity contribution in [2.45, 2.75) is 64.0 Å². The van der Waals surface area contributed by atoms with Gasteiger partial charge in [0.2, 0.25) is 5.91 Å². The van der Waals surface area contributed by atoms with Crippen LogP contribution in [0.4, 0.5) is 4.79 Å². The Hall–Kier alpha value is -3.35. The van der Waals surface area contributed by atoms with E-state index in [1.165, 1.54) is 11.1 Å². The van der Waals surface area contributed by atoms with Gasteiger partial charge in [0.15, 0.2) is 0 Å². The number of nitrogens with one attached hydrogen (secondary N) is 2. The molecular formula is C28H34N2O5. The second-order valence-corrected chi connectivity index (χ2v) is 9.95. The Kier molecular flexibility index (Phi) is 7.73. The van der Waals surface area contributed by atoms with E-state index in [9.17, 15) is 19.5 Å². The molecule has 1 fully saturated rings. The van der Waals surface area contributed by atoms with Crippen molar-refractivity contribution in [3.05, 3.63) is 59.7 Å². The van der Waals surface area contributed by atoms with Crippen molar-refractivity contribution in [1.82, 2.24) is 10.6 Å². The van der Waals surface area contributed by atoms with Gasteiger partial charge in [-0.1, -0.05) is 75.2 Å². The van der Waals surface area contributed by atoms with Crippen LogP contribution in [-0.2, 0) is 14.3 Å². The molecule has 1 saturated carbocycles. The van der Waals surface area contributed by atoms with Crippen LogP contribution in [0.3, 0.4) is 0 Å². The quantitative estimate of drug-likeness (QED) is 0.510. The van der Waals surface area contributed by atoms with Crippen LogP contribution in [0.2, 0.25) is 0 Å². The first kappa shape index (κ1) is 24.8. The predicted molar refractivity (Wildman–Crippen MR) is 133 cm³/mol. The minimum absolute atomic E-state index is 0.00920. The molecule has 3 atom stereocenters. The molecular weight excluding hydrogens is 444 g/mol. The first-order valence-electron chi connectivity index (χ1n) is 12.5. The number of carboxylic acid groups (broad SMARTS) is 1. The summed E-state index contributed by atoms with van der Waals surface area (Å²) in [4.78, 5) is 36.8. The minimum Gasteiger partial charge on any atom is -0.480 e. The summed E-state index contributed by atoms with van der Waals surface area (Å²) in [6, 6.07) is 15.3. The van der Waals surface area contributed by atoms with Crippen molar-refractivity contribution < 1.29 is 24.2 Å². The lowest BCUT2D eigenvalue weighted by Gasteiger charge is -2.32. The molecule has 0 heterocycles. The van der Waals surface area contributed by atoms with E-state index in [0.29, 0.717) is 0 Å². The predicted octanol–water partition coefficient (Wildman–Crippen LogP) is 4.70. The number of rotatable bonds is 8. The van der Waals surface area contributed by atoms with Crippen LogP contribution in [0.5, 0.6) is 0 Å². The smallest absolute Gasteiger partial charge is 0.407 e. The lowest BCUT2D eigenvalue weighted by Crippen LogP contribution is -2.47. The van der Waals surface area contributed by atoms with Crippen LogP contribution < -0.4 is 10.6 Å². The monoisotopic (exact) mass is 478 g/mol. The van der Waals surface area contributed by atoms with Crippen molar-refractivity contribution in [2.75, 3.05) is 6.61 Å². The number of fused-ring (bicyclic) bond motifs is 3. The highest BCUT2D eigenvalue weighted by Gasteiger charge is 2.32. The van der Waals surface area contributed by atoms with Crippen molar-refractivity contribution >= 4 is 18.0 Å². The third kappa shape index (κ3) is 5.66. The van der Waals surface area contributed by atoms with Crippen LogP contribution in [0, 0.1) is 11.8 Å². The molecule has 0 radical (unpaired) electrons. The summed E-state index contributed by atoms with van der Waals surface area (Å²) in [5, 5.41) is 15.0. The number of alkyl carbamates (subject to hydrolysis) is 1. The number of benzene rings is 2. The molecule has 0 saturated heterocycles. The highest BCUT2D eigenvalue weighted by Crippen LogP contribution is 2.44. The fourth-order valence-corrected chi connectivity index (χ4v) is 5.42. The molecule has 2 aromatic rings. The van der Waals surface area contributed by atoms with Gasteiger partial charge in [-0.05, 0) is 46.9 Å². The Morgan fingerprint density at radius 3 is 2.17 bits per heavy atom. The molecule has 0 aliphatic heterocycles. The number of carbonyl (C=O) groups excluding carboxylic acids is 2. The third-order valence-electron chi connectivity index (χ3n) is 7.25. The Morgan fingerprint density at radius 1 is 0.971 bits per heavy atom. The average molecular weight is 479 g/mol. The summed E-state index contributed by atoms with van der Waals surface area (Å²) in [6.45, 7) is 3.77. The molecule has 2 unspecified atom stereocenters. The summed E-state index contributed by atoms with van der Waals surface area (Å²) in [5.41, 5.74) is 4.67. The molecule has 2 aliphatic carbocycles. The maximum atomic E-state index is 12.8. The third-order valence-corrected chi connectivity index (χ3v) is 7.25. The van der Waals surface area contributed by atoms with E-state index in [1.54, 1.807) is 13.8 Å². The SMILES string of the molecule is CC(C)[C@@H](NC(=O)CC1CCCCC1NC(=O)OCC1c2ccccc2-c2ccccc21)C(=O)O. The van der Waals surface area contributed by atoms with Gasteiger partial charge in [0.25, 0.3) is 0 Å². The molecule has 4 rings (SSSR count). The van der Waals surface area contributed by atoms with Crippen LogP contribution in [0.15, 0.2) is 48.5 Å². The van der Waals surface area contributed by atoms with Crippen LogP contribution in [-0.4, -0.2) is 41.8 Å². The topological polar surface area (TPSA) is 105 Å². The summed E-state index contributed by atoms with van der Waals surface area (Å²) >= 11 is 0. The molecule has 7 heteroatoms. The zero-order valence-corrected chi connectivity index (χ0v) is 20.3. The van der Waals surface area contributed by atoms with Gasteiger partial charge in [-0.2, -0.15) is 0 Å². The molecule has 0 spiro atoms. The maximum Gasteiger partial charge on any atom is 0.407 e. The van der Waals surface area contributed by atoms with Crippen molar-refractivity contribution in [3.8, 4) is 11.1 Å². The molecule has 2 aliphatic rings. The first-order valence-corrected chi connectivity index (χ1v) is 12.5. The van der Waals surface area contributed by atoms with E-state index >= 15 is 0 Å². The van der Waals surface area contributed by atoms with E-state index in [-0.39, 0.29) is 42.7 Å². The number of hydrogen-bond donors (Lipinski definition) is 3. The normalized spacial score (nSPS) is 20.0. The maximum absolute atomic E-state index is 12.8. The van der Waals surface area contributed by atoms with Gasteiger partial charge in [0.05, 0.1) is 0 Å². The second-order valence-electron chi connectivity index (χ2n) is 9.95. The zero-order valence-electron chi connectivity index (χ0n) is 20.3. The number of hydrogen-bond acceptors (Lipinski definition) is 4. The van der Waals surface area contributed by atoms with E-state index in [0.717, 1.165) is 36.8 Å². The van der Waals surface area contributed by atoms with Gasteiger partial charge >= 0.3 is 12.1 Å². The van der Waals surface area contributed by atoms with E-state index in [1.807, 2.05) is 24.3 Å². The molecule has 7 nitrogen and oxygen atoms in total. The fraction of sp³-hybridized carbons (Fsp3) is 0.464. The summed E-state index contributed by atoms with van der Waals surface area (Å²) < 4.78 is 5.69. The van der Waals surface area contributed by atoms with Gasteiger partial charge in [-0.25, -0.2) is 9.59 Å². The minimum atomic E-state index is -1.04. The molecule has 0 bridgehead atoms. The van der Waals surface area contributed by atoms with Crippen molar-refractivity contribution in [3.63, 3.8) is 0 Å². The Morgan fingerprint density at radius 2 is 1.57 bits per heavy atom. The second kappa shape index (κ2) is 10.9. The number of ether oxygens (including phenoxy) is 1. The fourth-order valence-electron chi connectivity index (χ4n) is 5.42. The Bertz CT molecular complexity index is 1040. The van der Waals surface area contributed by atoms with E-state index < -0.39 is 18.1 Å². The van der Waals surface area contributed by atoms with Crippen LogP contribution in [0.1, 0.15) is 63.0 Å². The van der Waals surface area contributed by atoms with E-state index in [4.69, 9.17) is 4.74 Å². The first-order chi connectivity index (χ1) is 16.8. The highest BCUT2D eigenvalue weighted by atomic mass is 16.5. The van der Waals surface area contributed by atoms with Gasteiger partial charge in [0.1, 0.15) is 12.6 Å².